The van der Waals surface area contributed by atoms with E-state index in [2.05, 4.69) is 10.0 Å². The molecule has 2 rings (SSSR count). The number of sulfonamides is 1. The van der Waals surface area contributed by atoms with E-state index in [0.29, 0.717) is 18.5 Å². The number of carbonyl (C=O) groups excluding carboxylic acids is 1. The largest absolute Gasteiger partial charge is 0.495 e. The van der Waals surface area contributed by atoms with Crippen LogP contribution in [0.3, 0.4) is 0 Å². The van der Waals surface area contributed by atoms with Crippen LogP contribution in [0.25, 0.3) is 0 Å². The number of methoxy groups -OCH3 is 1. The first-order valence-corrected chi connectivity index (χ1v) is 10.9. The first kappa shape index (κ1) is 20.7. The number of ether oxygens (including phenoxy) is 1. The number of nitrogens with one attached hydrogen (secondary N) is 2. The highest BCUT2D eigenvalue weighted by Crippen LogP contribution is 2.25. The molecule has 1 aliphatic rings. The summed E-state index contributed by atoms with van der Waals surface area (Å²) in [5.41, 5.74) is 0.338. The maximum atomic E-state index is 12.6. The molecule has 6 nitrogen and oxygen atoms in total. The molecule has 0 bridgehead atoms. The molecular formula is C19H30N2O4S. The molecule has 0 unspecified atom stereocenters. The lowest BCUT2D eigenvalue weighted by Crippen LogP contribution is -2.35. The van der Waals surface area contributed by atoms with Gasteiger partial charge in [-0.2, -0.15) is 0 Å². The van der Waals surface area contributed by atoms with Gasteiger partial charge in [-0.1, -0.05) is 39.0 Å². The fourth-order valence-electron chi connectivity index (χ4n) is 3.21. The Kier molecular flexibility index (Phi) is 7.90. The lowest BCUT2D eigenvalue weighted by Gasteiger charge is -2.21. The Morgan fingerprint density at radius 1 is 1.15 bits per heavy atom. The van der Waals surface area contributed by atoms with Gasteiger partial charge in [0.1, 0.15) is 10.6 Å². The molecule has 26 heavy (non-hydrogen) atoms. The second kappa shape index (κ2) is 9.92. The first-order valence-electron chi connectivity index (χ1n) is 9.46. The first-order chi connectivity index (χ1) is 12.5. The SMILES string of the molecule is CCCNS(=O)(=O)c1cc(C(=O)NC2CCCCCCC2)ccc1OC. The van der Waals surface area contributed by atoms with Crippen molar-refractivity contribution in [2.24, 2.45) is 0 Å². The third kappa shape index (κ3) is 5.71. The average molecular weight is 383 g/mol. The van der Waals surface area contributed by atoms with E-state index in [0.717, 1.165) is 25.7 Å². The van der Waals surface area contributed by atoms with Gasteiger partial charge in [-0.15, -0.1) is 0 Å². The molecule has 0 aromatic heterocycles. The van der Waals surface area contributed by atoms with Crippen LogP contribution in [0.5, 0.6) is 5.75 Å². The summed E-state index contributed by atoms with van der Waals surface area (Å²) in [5.74, 6) is 0.00118. The summed E-state index contributed by atoms with van der Waals surface area (Å²) in [6.45, 7) is 2.22. The van der Waals surface area contributed by atoms with Crippen molar-refractivity contribution in [3.8, 4) is 5.75 Å². The highest BCUT2D eigenvalue weighted by atomic mass is 32.2. The van der Waals surface area contributed by atoms with Gasteiger partial charge >= 0.3 is 0 Å². The zero-order chi connectivity index (χ0) is 19.0. The minimum Gasteiger partial charge on any atom is -0.495 e. The van der Waals surface area contributed by atoms with Crippen molar-refractivity contribution in [3.63, 3.8) is 0 Å². The van der Waals surface area contributed by atoms with E-state index in [1.54, 1.807) is 6.07 Å². The average Bonchev–Trinajstić information content (AvgIpc) is 2.61. The lowest BCUT2D eigenvalue weighted by atomic mass is 9.96. The topological polar surface area (TPSA) is 84.5 Å². The molecule has 146 valence electrons. The number of amides is 1. The normalized spacial score (nSPS) is 16.5. The van der Waals surface area contributed by atoms with Crippen LogP contribution in [0.15, 0.2) is 23.1 Å². The van der Waals surface area contributed by atoms with Gasteiger partial charge in [0.25, 0.3) is 5.91 Å². The maximum Gasteiger partial charge on any atom is 0.251 e. The predicted molar refractivity (Wildman–Crippen MR) is 102 cm³/mol. The summed E-state index contributed by atoms with van der Waals surface area (Å²) < 4.78 is 32.7. The Labute approximate surface area is 156 Å². The van der Waals surface area contributed by atoms with E-state index in [1.165, 1.54) is 38.5 Å². The standard InChI is InChI=1S/C19H30N2O4S/c1-3-13-20-26(23,24)18-14-15(11-12-17(18)25-2)19(22)21-16-9-7-5-4-6-8-10-16/h11-12,14,16,20H,3-10,13H2,1-2H3,(H,21,22). The van der Waals surface area contributed by atoms with Crippen molar-refractivity contribution in [3.05, 3.63) is 23.8 Å². The molecule has 0 radical (unpaired) electrons. The van der Waals surface area contributed by atoms with Crippen LogP contribution in [0.4, 0.5) is 0 Å². The molecule has 1 amide bonds. The smallest absolute Gasteiger partial charge is 0.251 e. The van der Waals surface area contributed by atoms with E-state index in [9.17, 15) is 13.2 Å². The van der Waals surface area contributed by atoms with Gasteiger partial charge in [-0.25, -0.2) is 13.1 Å². The van der Waals surface area contributed by atoms with E-state index in [1.807, 2.05) is 6.92 Å². The van der Waals surface area contributed by atoms with Crippen molar-refractivity contribution < 1.29 is 17.9 Å². The molecule has 1 saturated carbocycles. The lowest BCUT2D eigenvalue weighted by molar-refractivity contribution is 0.0930. The Morgan fingerprint density at radius 3 is 2.42 bits per heavy atom. The minimum atomic E-state index is -3.72. The third-order valence-electron chi connectivity index (χ3n) is 4.70. The summed E-state index contributed by atoms with van der Waals surface area (Å²) in [5, 5.41) is 3.07. The Bertz CT molecular complexity index is 695. The third-order valence-corrected chi connectivity index (χ3v) is 6.18. The quantitative estimate of drug-likeness (QED) is 0.758. The molecule has 0 atom stereocenters. The van der Waals surface area contributed by atoms with Crippen molar-refractivity contribution in [1.29, 1.82) is 0 Å². The molecular weight excluding hydrogens is 352 g/mol. The van der Waals surface area contributed by atoms with Gasteiger partial charge in [0, 0.05) is 18.2 Å². The molecule has 1 aromatic rings. The highest BCUT2D eigenvalue weighted by molar-refractivity contribution is 7.89. The zero-order valence-corrected chi connectivity index (χ0v) is 16.5. The number of benzene rings is 1. The van der Waals surface area contributed by atoms with Crippen molar-refractivity contribution >= 4 is 15.9 Å². The van der Waals surface area contributed by atoms with Crippen LogP contribution in [0.1, 0.15) is 68.6 Å². The molecule has 0 heterocycles. The molecule has 0 saturated heterocycles. The van der Waals surface area contributed by atoms with E-state index in [-0.39, 0.29) is 22.6 Å². The Hall–Kier alpha value is -1.60. The van der Waals surface area contributed by atoms with Gasteiger partial charge in [0.15, 0.2) is 0 Å². The van der Waals surface area contributed by atoms with Crippen molar-refractivity contribution in [1.82, 2.24) is 10.0 Å². The number of rotatable bonds is 7. The summed E-state index contributed by atoms with van der Waals surface area (Å²) in [7, 11) is -2.30. The van der Waals surface area contributed by atoms with E-state index < -0.39 is 10.0 Å². The Morgan fingerprint density at radius 2 is 1.81 bits per heavy atom. The van der Waals surface area contributed by atoms with Gasteiger partial charge in [0.05, 0.1) is 7.11 Å². The second-order valence-corrected chi connectivity index (χ2v) is 8.51. The molecule has 1 fully saturated rings. The van der Waals surface area contributed by atoms with Crippen LogP contribution >= 0.6 is 0 Å². The summed E-state index contributed by atoms with van der Waals surface area (Å²) in [6, 6.07) is 4.70. The highest BCUT2D eigenvalue weighted by Gasteiger charge is 2.22. The van der Waals surface area contributed by atoms with E-state index in [4.69, 9.17) is 4.74 Å². The number of hydrogen-bond acceptors (Lipinski definition) is 4. The van der Waals surface area contributed by atoms with Crippen molar-refractivity contribution in [2.45, 2.75) is 69.2 Å². The predicted octanol–water partition coefficient (Wildman–Crippen LogP) is 3.23. The van der Waals surface area contributed by atoms with Gasteiger partial charge < -0.3 is 10.1 Å². The minimum absolute atomic E-state index is 0.00114. The number of hydrogen-bond donors (Lipinski definition) is 2. The summed E-state index contributed by atoms with van der Waals surface area (Å²) >= 11 is 0. The van der Waals surface area contributed by atoms with Crippen LogP contribution in [-0.4, -0.2) is 34.0 Å². The molecule has 7 heteroatoms. The monoisotopic (exact) mass is 382 g/mol. The van der Waals surface area contributed by atoms with Gasteiger partial charge in [-0.3, -0.25) is 4.79 Å². The summed E-state index contributed by atoms with van der Waals surface area (Å²) in [6.07, 6.45) is 8.56. The van der Waals surface area contributed by atoms with Gasteiger partial charge in [-0.05, 0) is 37.5 Å². The van der Waals surface area contributed by atoms with Crippen LogP contribution in [0.2, 0.25) is 0 Å². The fraction of sp³-hybridized carbons (Fsp3) is 0.632. The maximum absolute atomic E-state index is 12.6. The fourth-order valence-corrected chi connectivity index (χ4v) is 4.54. The zero-order valence-electron chi connectivity index (χ0n) is 15.7. The molecule has 0 spiro atoms. The number of carbonyl (C=O) groups is 1. The Balaban J connectivity index is 2.18. The van der Waals surface area contributed by atoms with E-state index >= 15 is 0 Å². The van der Waals surface area contributed by atoms with Crippen molar-refractivity contribution in [2.75, 3.05) is 13.7 Å². The van der Waals surface area contributed by atoms with Gasteiger partial charge in [0.2, 0.25) is 10.0 Å². The molecule has 1 aromatic carbocycles. The summed E-state index contributed by atoms with van der Waals surface area (Å²) in [4.78, 5) is 12.6. The molecule has 0 aliphatic heterocycles. The van der Waals surface area contributed by atoms with Crippen LogP contribution in [0, 0.1) is 0 Å². The molecule has 2 N–H and O–H groups in total. The van der Waals surface area contributed by atoms with Crippen LogP contribution in [-0.2, 0) is 10.0 Å². The molecule has 1 aliphatic carbocycles. The second-order valence-electron chi connectivity index (χ2n) is 6.78. The van der Waals surface area contributed by atoms with Crippen LogP contribution < -0.4 is 14.8 Å².